The van der Waals surface area contributed by atoms with Crippen LogP contribution in [0.5, 0.6) is 0 Å². The predicted octanol–water partition coefficient (Wildman–Crippen LogP) is 2.15. The third kappa shape index (κ3) is 2.31. The SMILES string of the molecule is CCNC(c1ccoc1CC)c1cnnn1CC. The van der Waals surface area contributed by atoms with Crippen molar-refractivity contribution in [2.45, 2.75) is 39.8 Å². The lowest BCUT2D eigenvalue weighted by molar-refractivity contribution is 0.491. The Bertz CT molecular complexity index is 446. The summed E-state index contributed by atoms with van der Waals surface area (Å²) in [5, 5.41) is 11.6. The third-order valence-corrected chi connectivity index (χ3v) is 3.06. The zero-order valence-electron chi connectivity index (χ0n) is 11.2. The second-order valence-corrected chi connectivity index (χ2v) is 4.12. The number of hydrogen-bond acceptors (Lipinski definition) is 4. The molecule has 0 spiro atoms. The summed E-state index contributed by atoms with van der Waals surface area (Å²) in [6.07, 6.45) is 4.46. The first-order valence-electron chi connectivity index (χ1n) is 6.49. The van der Waals surface area contributed by atoms with E-state index < -0.39 is 0 Å². The molecule has 0 aliphatic carbocycles. The average Bonchev–Trinajstić information content (AvgIpc) is 3.04. The summed E-state index contributed by atoms with van der Waals surface area (Å²) in [4.78, 5) is 0. The van der Waals surface area contributed by atoms with Crippen LogP contribution in [0.15, 0.2) is 22.9 Å². The summed E-state index contributed by atoms with van der Waals surface area (Å²) in [6.45, 7) is 7.96. The van der Waals surface area contributed by atoms with Gasteiger partial charge in [-0.25, -0.2) is 4.68 Å². The van der Waals surface area contributed by atoms with Crippen LogP contribution in [0.1, 0.15) is 43.8 Å². The molecule has 1 atom stereocenters. The van der Waals surface area contributed by atoms with Crippen molar-refractivity contribution < 1.29 is 4.42 Å². The number of nitrogens with zero attached hydrogens (tertiary/aromatic N) is 3. The molecule has 1 N–H and O–H groups in total. The first kappa shape index (κ1) is 12.8. The van der Waals surface area contributed by atoms with Crippen LogP contribution in [0.2, 0.25) is 0 Å². The smallest absolute Gasteiger partial charge is 0.108 e. The fraction of sp³-hybridized carbons (Fsp3) is 0.538. The van der Waals surface area contributed by atoms with E-state index in [1.54, 1.807) is 6.26 Å². The molecule has 5 heteroatoms. The summed E-state index contributed by atoms with van der Waals surface area (Å²) in [5.41, 5.74) is 2.26. The Morgan fingerprint density at radius 1 is 1.39 bits per heavy atom. The highest BCUT2D eigenvalue weighted by Crippen LogP contribution is 2.25. The Balaban J connectivity index is 2.40. The minimum absolute atomic E-state index is 0.0960. The minimum Gasteiger partial charge on any atom is -0.469 e. The van der Waals surface area contributed by atoms with E-state index >= 15 is 0 Å². The molecular weight excluding hydrogens is 228 g/mol. The molecule has 0 amide bonds. The van der Waals surface area contributed by atoms with Gasteiger partial charge in [0.15, 0.2) is 0 Å². The van der Waals surface area contributed by atoms with Gasteiger partial charge >= 0.3 is 0 Å². The zero-order chi connectivity index (χ0) is 13.0. The molecule has 2 aromatic rings. The van der Waals surface area contributed by atoms with Gasteiger partial charge in [-0.1, -0.05) is 19.1 Å². The van der Waals surface area contributed by atoms with Gasteiger partial charge in [0.05, 0.1) is 24.2 Å². The van der Waals surface area contributed by atoms with Crippen molar-refractivity contribution in [1.82, 2.24) is 20.3 Å². The van der Waals surface area contributed by atoms with E-state index in [4.69, 9.17) is 4.42 Å². The van der Waals surface area contributed by atoms with E-state index in [1.165, 1.54) is 5.56 Å². The van der Waals surface area contributed by atoms with E-state index in [0.29, 0.717) is 0 Å². The molecule has 0 aliphatic rings. The Morgan fingerprint density at radius 2 is 2.22 bits per heavy atom. The molecule has 2 heterocycles. The predicted molar refractivity (Wildman–Crippen MR) is 69.3 cm³/mol. The van der Waals surface area contributed by atoms with Gasteiger partial charge in [-0.3, -0.25) is 0 Å². The first-order chi connectivity index (χ1) is 8.81. The highest BCUT2D eigenvalue weighted by Gasteiger charge is 2.21. The van der Waals surface area contributed by atoms with Gasteiger partial charge in [0.25, 0.3) is 0 Å². The van der Waals surface area contributed by atoms with Crippen LogP contribution in [0.4, 0.5) is 0 Å². The second-order valence-electron chi connectivity index (χ2n) is 4.12. The molecule has 0 aromatic carbocycles. The third-order valence-electron chi connectivity index (χ3n) is 3.06. The minimum atomic E-state index is 0.0960. The molecule has 0 saturated carbocycles. The highest BCUT2D eigenvalue weighted by molar-refractivity contribution is 5.28. The summed E-state index contributed by atoms with van der Waals surface area (Å²) < 4.78 is 7.44. The van der Waals surface area contributed by atoms with Crippen LogP contribution >= 0.6 is 0 Å². The molecule has 0 saturated heterocycles. The lowest BCUT2D eigenvalue weighted by Gasteiger charge is -2.18. The maximum atomic E-state index is 5.52. The van der Waals surface area contributed by atoms with Crippen LogP contribution < -0.4 is 5.32 Å². The summed E-state index contributed by atoms with van der Waals surface area (Å²) in [7, 11) is 0. The van der Waals surface area contributed by atoms with Crippen molar-refractivity contribution in [3.05, 3.63) is 35.5 Å². The number of hydrogen-bond donors (Lipinski definition) is 1. The van der Waals surface area contributed by atoms with Crippen molar-refractivity contribution in [3.8, 4) is 0 Å². The highest BCUT2D eigenvalue weighted by atomic mass is 16.3. The number of furan rings is 1. The fourth-order valence-corrected chi connectivity index (χ4v) is 2.21. The first-order valence-corrected chi connectivity index (χ1v) is 6.49. The van der Waals surface area contributed by atoms with E-state index in [-0.39, 0.29) is 6.04 Å². The monoisotopic (exact) mass is 248 g/mol. The van der Waals surface area contributed by atoms with E-state index in [9.17, 15) is 0 Å². The van der Waals surface area contributed by atoms with Crippen molar-refractivity contribution in [3.63, 3.8) is 0 Å². The second kappa shape index (κ2) is 5.82. The molecule has 0 radical (unpaired) electrons. The topological polar surface area (TPSA) is 55.9 Å². The molecule has 1 unspecified atom stereocenters. The van der Waals surface area contributed by atoms with E-state index in [0.717, 1.165) is 31.0 Å². The zero-order valence-corrected chi connectivity index (χ0v) is 11.2. The van der Waals surface area contributed by atoms with E-state index in [1.807, 2.05) is 16.9 Å². The fourth-order valence-electron chi connectivity index (χ4n) is 2.21. The van der Waals surface area contributed by atoms with E-state index in [2.05, 4.69) is 36.4 Å². The van der Waals surface area contributed by atoms with Gasteiger partial charge in [0.1, 0.15) is 5.76 Å². The quantitative estimate of drug-likeness (QED) is 0.851. The van der Waals surface area contributed by atoms with Gasteiger partial charge in [-0.15, -0.1) is 5.10 Å². The summed E-state index contributed by atoms with van der Waals surface area (Å²) in [6, 6.07) is 2.12. The Morgan fingerprint density at radius 3 is 2.89 bits per heavy atom. The Labute approximate surface area is 107 Å². The van der Waals surface area contributed by atoms with Gasteiger partial charge in [-0.05, 0) is 19.5 Å². The van der Waals surface area contributed by atoms with Gasteiger partial charge in [0.2, 0.25) is 0 Å². The van der Waals surface area contributed by atoms with Crippen molar-refractivity contribution >= 4 is 0 Å². The van der Waals surface area contributed by atoms with Gasteiger partial charge < -0.3 is 9.73 Å². The lowest BCUT2D eigenvalue weighted by Crippen LogP contribution is -2.25. The normalized spacial score (nSPS) is 12.8. The number of aryl methyl sites for hydroxylation is 2. The average molecular weight is 248 g/mol. The Kier molecular flexibility index (Phi) is 4.15. The maximum absolute atomic E-state index is 5.52. The number of nitrogens with one attached hydrogen (secondary N) is 1. The van der Waals surface area contributed by atoms with Crippen LogP contribution in [-0.4, -0.2) is 21.5 Å². The molecule has 18 heavy (non-hydrogen) atoms. The number of aromatic nitrogens is 3. The maximum Gasteiger partial charge on any atom is 0.108 e. The molecule has 0 aliphatic heterocycles. The molecule has 5 nitrogen and oxygen atoms in total. The van der Waals surface area contributed by atoms with Gasteiger partial charge in [0, 0.05) is 18.5 Å². The van der Waals surface area contributed by atoms with Crippen LogP contribution in [0, 0.1) is 0 Å². The molecule has 0 fully saturated rings. The number of rotatable bonds is 6. The van der Waals surface area contributed by atoms with Crippen LogP contribution in [0.25, 0.3) is 0 Å². The summed E-state index contributed by atoms with van der Waals surface area (Å²) in [5.74, 6) is 1.02. The molecule has 0 bridgehead atoms. The molecule has 2 aromatic heterocycles. The Hall–Kier alpha value is -1.62. The van der Waals surface area contributed by atoms with Crippen molar-refractivity contribution in [2.24, 2.45) is 0 Å². The molecule has 98 valence electrons. The van der Waals surface area contributed by atoms with Gasteiger partial charge in [-0.2, -0.15) is 0 Å². The van der Waals surface area contributed by atoms with Crippen molar-refractivity contribution in [1.29, 1.82) is 0 Å². The van der Waals surface area contributed by atoms with Crippen LogP contribution in [0.3, 0.4) is 0 Å². The molecular formula is C13H20N4O. The summed E-state index contributed by atoms with van der Waals surface area (Å²) >= 11 is 0. The van der Waals surface area contributed by atoms with Crippen molar-refractivity contribution in [2.75, 3.05) is 6.54 Å². The lowest BCUT2D eigenvalue weighted by atomic mass is 10.0. The van der Waals surface area contributed by atoms with Crippen LogP contribution in [-0.2, 0) is 13.0 Å². The standard InChI is InChI=1S/C13H20N4O/c1-4-12-10(7-8-18-12)13(14-5-2)11-9-15-16-17(11)6-3/h7-9,13-14H,4-6H2,1-3H3. The largest absolute Gasteiger partial charge is 0.469 e. The molecule has 2 rings (SSSR count).